The molecule has 92 valence electrons. The van der Waals surface area contributed by atoms with Gasteiger partial charge in [-0.1, -0.05) is 6.07 Å². The van der Waals surface area contributed by atoms with E-state index in [9.17, 15) is 0 Å². The van der Waals surface area contributed by atoms with E-state index in [1.54, 1.807) is 0 Å². The first kappa shape index (κ1) is 10.3. The van der Waals surface area contributed by atoms with Crippen LogP contribution in [0.4, 0.5) is 0 Å². The van der Waals surface area contributed by atoms with E-state index in [-0.39, 0.29) is 0 Å². The van der Waals surface area contributed by atoms with E-state index in [0.717, 1.165) is 26.3 Å². The molecule has 0 unspecified atom stereocenters. The molecule has 4 heteroatoms. The molecule has 2 aliphatic heterocycles. The van der Waals surface area contributed by atoms with Crippen LogP contribution in [0.2, 0.25) is 0 Å². The van der Waals surface area contributed by atoms with Crippen LogP contribution in [0.15, 0.2) is 30.7 Å². The highest BCUT2D eigenvalue weighted by atomic mass is 16.5. The first-order chi connectivity index (χ1) is 8.92. The monoisotopic (exact) mass is 241 g/mol. The third-order valence-electron chi connectivity index (χ3n) is 3.85. The number of nitrogens with zero attached hydrogens (tertiary/aromatic N) is 2. The molecule has 4 nitrogen and oxygen atoms in total. The third-order valence-corrected chi connectivity index (χ3v) is 3.85. The molecule has 0 amide bonds. The molecule has 0 bridgehead atoms. The van der Waals surface area contributed by atoms with Crippen LogP contribution < -0.4 is 5.32 Å². The van der Waals surface area contributed by atoms with Gasteiger partial charge in [-0.25, -0.2) is 4.98 Å². The smallest absolute Gasteiger partial charge is 0.0994 e. The largest absolute Gasteiger partial charge is 0.372 e. The van der Waals surface area contributed by atoms with Crippen molar-refractivity contribution >= 4 is 0 Å². The maximum Gasteiger partial charge on any atom is 0.0994 e. The molecule has 2 aliphatic rings. The van der Waals surface area contributed by atoms with Crippen molar-refractivity contribution in [2.75, 3.05) is 13.1 Å². The van der Waals surface area contributed by atoms with Gasteiger partial charge in [0.1, 0.15) is 0 Å². The van der Waals surface area contributed by atoms with Crippen LogP contribution >= 0.6 is 0 Å². The Bertz CT molecular complexity index is 586. The Morgan fingerprint density at radius 1 is 1.22 bits per heavy atom. The van der Waals surface area contributed by atoms with Crippen molar-refractivity contribution in [3.63, 3.8) is 0 Å². The summed E-state index contributed by atoms with van der Waals surface area (Å²) in [7, 11) is 0. The van der Waals surface area contributed by atoms with Crippen molar-refractivity contribution in [1.29, 1.82) is 0 Å². The lowest BCUT2D eigenvalue weighted by Gasteiger charge is -2.27. The number of imidazole rings is 1. The van der Waals surface area contributed by atoms with E-state index in [2.05, 4.69) is 33.1 Å². The van der Waals surface area contributed by atoms with Gasteiger partial charge in [0.25, 0.3) is 0 Å². The summed E-state index contributed by atoms with van der Waals surface area (Å²) in [5.74, 6) is 0.594. The fraction of sp³-hybridized carbons (Fsp3) is 0.357. The zero-order valence-electron chi connectivity index (χ0n) is 10.1. The van der Waals surface area contributed by atoms with Gasteiger partial charge >= 0.3 is 0 Å². The number of hydrogen-bond acceptors (Lipinski definition) is 3. The fourth-order valence-electron chi connectivity index (χ4n) is 2.63. The number of rotatable bonds is 2. The lowest BCUT2D eigenvalue weighted by atomic mass is 9.99. The van der Waals surface area contributed by atoms with Crippen LogP contribution in [0.5, 0.6) is 0 Å². The predicted octanol–water partition coefficient (Wildman–Crippen LogP) is 1.59. The average Bonchev–Trinajstić information content (AvgIpc) is 2.93. The minimum absolute atomic E-state index is 0.594. The van der Waals surface area contributed by atoms with E-state index >= 15 is 0 Å². The highest BCUT2D eigenvalue weighted by Crippen LogP contribution is 2.26. The summed E-state index contributed by atoms with van der Waals surface area (Å²) in [4.78, 5) is 4.30. The number of fused-ring (bicyclic) bond motifs is 1. The zero-order valence-corrected chi connectivity index (χ0v) is 10.1. The van der Waals surface area contributed by atoms with Crippen LogP contribution in [0, 0.1) is 0 Å². The molecule has 2 aromatic rings. The van der Waals surface area contributed by atoms with Crippen molar-refractivity contribution in [2.24, 2.45) is 0 Å². The topological polar surface area (TPSA) is 39.1 Å². The maximum atomic E-state index is 5.46. The van der Waals surface area contributed by atoms with E-state index in [1.807, 2.05) is 12.5 Å². The second kappa shape index (κ2) is 3.93. The van der Waals surface area contributed by atoms with Gasteiger partial charge in [0.15, 0.2) is 0 Å². The molecule has 1 fully saturated rings. The van der Waals surface area contributed by atoms with Crippen LogP contribution in [-0.2, 0) is 18.0 Å². The minimum Gasteiger partial charge on any atom is -0.372 e. The zero-order chi connectivity index (χ0) is 11.9. The standard InChI is InChI=1S/C14H15N3O/c1-2-13(3-11-8-18-7-10(1)11)17-9-16-6-14(17)12-4-15-5-12/h1-3,6,9,12,15H,4-5,7-8H2. The van der Waals surface area contributed by atoms with Gasteiger partial charge in [-0.15, -0.1) is 0 Å². The highest BCUT2D eigenvalue weighted by molar-refractivity contribution is 5.43. The molecule has 0 radical (unpaired) electrons. The molecule has 1 aromatic carbocycles. The predicted molar refractivity (Wildman–Crippen MR) is 67.7 cm³/mol. The van der Waals surface area contributed by atoms with Gasteiger partial charge in [-0.05, 0) is 23.3 Å². The van der Waals surface area contributed by atoms with Gasteiger partial charge in [0.05, 0.1) is 19.5 Å². The van der Waals surface area contributed by atoms with Crippen molar-refractivity contribution in [2.45, 2.75) is 19.1 Å². The van der Waals surface area contributed by atoms with Crippen molar-refractivity contribution in [3.05, 3.63) is 47.5 Å². The molecule has 18 heavy (non-hydrogen) atoms. The quantitative estimate of drug-likeness (QED) is 0.867. The molecule has 1 N–H and O–H groups in total. The van der Waals surface area contributed by atoms with Gasteiger partial charge in [0, 0.05) is 36.6 Å². The number of aromatic nitrogens is 2. The Morgan fingerprint density at radius 2 is 2.11 bits per heavy atom. The summed E-state index contributed by atoms with van der Waals surface area (Å²) in [6.07, 6.45) is 3.89. The summed E-state index contributed by atoms with van der Waals surface area (Å²) < 4.78 is 7.66. The molecule has 0 spiro atoms. The second-order valence-electron chi connectivity index (χ2n) is 4.99. The number of benzene rings is 1. The number of nitrogens with one attached hydrogen (secondary N) is 1. The maximum absolute atomic E-state index is 5.46. The Balaban J connectivity index is 1.76. The van der Waals surface area contributed by atoms with Crippen molar-refractivity contribution in [3.8, 4) is 5.69 Å². The fourth-order valence-corrected chi connectivity index (χ4v) is 2.63. The lowest BCUT2D eigenvalue weighted by Crippen LogP contribution is -2.40. The third kappa shape index (κ3) is 1.50. The molecule has 1 aromatic heterocycles. The summed E-state index contributed by atoms with van der Waals surface area (Å²) in [5.41, 5.74) is 5.11. The van der Waals surface area contributed by atoms with E-state index < -0.39 is 0 Å². The summed E-state index contributed by atoms with van der Waals surface area (Å²) >= 11 is 0. The van der Waals surface area contributed by atoms with Crippen molar-refractivity contribution in [1.82, 2.24) is 14.9 Å². The Hall–Kier alpha value is -1.65. The SMILES string of the molecule is c1cc2c(cc1-n1cncc1C1CNC1)COC2. The van der Waals surface area contributed by atoms with Gasteiger partial charge < -0.3 is 14.6 Å². The van der Waals surface area contributed by atoms with Crippen LogP contribution in [0.3, 0.4) is 0 Å². The van der Waals surface area contributed by atoms with E-state index in [0.29, 0.717) is 5.92 Å². The van der Waals surface area contributed by atoms with Gasteiger partial charge in [-0.2, -0.15) is 0 Å². The lowest BCUT2D eigenvalue weighted by molar-refractivity contribution is 0.134. The first-order valence-corrected chi connectivity index (χ1v) is 6.35. The van der Waals surface area contributed by atoms with E-state index in [4.69, 9.17) is 4.74 Å². The molecular formula is C14H15N3O. The normalized spacial score (nSPS) is 18.7. The Labute approximate surface area is 106 Å². The van der Waals surface area contributed by atoms with Crippen molar-refractivity contribution < 1.29 is 4.74 Å². The molecule has 1 saturated heterocycles. The molecule has 0 atom stereocenters. The Morgan fingerprint density at radius 3 is 2.94 bits per heavy atom. The van der Waals surface area contributed by atoms with Crippen LogP contribution in [0.1, 0.15) is 22.7 Å². The number of hydrogen-bond donors (Lipinski definition) is 1. The van der Waals surface area contributed by atoms with Crippen LogP contribution in [0.25, 0.3) is 5.69 Å². The molecule has 0 saturated carbocycles. The minimum atomic E-state index is 0.594. The average molecular weight is 241 g/mol. The number of ether oxygens (including phenoxy) is 1. The molecular weight excluding hydrogens is 226 g/mol. The summed E-state index contributed by atoms with van der Waals surface area (Å²) in [6, 6.07) is 6.55. The first-order valence-electron chi connectivity index (χ1n) is 6.35. The summed E-state index contributed by atoms with van der Waals surface area (Å²) in [6.45, 7) is 3.59. The van der Waals surface area contributed by atoms with E-state index in [1.165, 1.54) is 22.5 Å². The summed E-state index contributed by atoms with van der Waals surface area (Å²) in [5, 5.41) is 3.31. The van der Waals surface area contributed by atoms with Gasteiger partial charge in [0.2, 0.25) is 0 Å². The molecule has 3 heterocycles. The second-order valence-corrected chi connectivity index (χ2v) is 4.99. The Kier molecular flexibility index (Phi) is 2.25. The van der Waals surface area contributed by atoms with Gasteiger partial charge in [-0.3, -0.25) is 0 Å². The molecule has 0 aliphatic carbocycles. The van der Waals surface area contributed by atoms with Crippen LogP contribution in [-0.4, -0.2) is 22.6 Å². The highest BCUT2D eigenvalue weighted by Gasteiger charge is 2.23. The molecule has 4 rings (SSSR count).